The van der Waals surface area contributed by atoms with Crippen LogP contribution in [0.3, 0.4) is 0 Å². The standard InChI is InChI=1S/C46H58O4Si/c1-33(47)46(49)30-26-42-40-23-22-36-31-37(48)24-28-44(36,5)41(40)25-29-45(42,46)27-12-13-34-18-20-35(21-19-34)32-50-51(43(2,3)4,38-14-8-6-9-15-38)39-16-10-7-11-17-39/h6-11,14-21,31,40-42,49H,12-13,22-30,32H2,1-5H3/t40-,41-,42+,44-,45+,46+/m1/s1. The van der Waals surface area contributed by atoms with Crippen molar-refractivity contribution in [3.8, 4) is 0 Å². The minimum atomic E-state index is -2.62. The van der Waals surface area contributed by atoms with Crippen LogP contribution in [0.4, 0.5) is 0 Å². The molecular weight excluding hydrogens is 645 g/mol. The fourth-order valence-corrected chi connectivity index (χ4v) is 16.3. The van der Waals surface area contributed by atoms with Crippen molar-refractivity contribution < 1.29 is 19.1 Å². The lowest BCUT2D eigenvalue weighted by Gasteiger charge is -2.60. The van der Waals surface area contributed by atoms with Gasteiger partial charge in [0.1, 0.15) is 5.60 Å². The quantitative estimate of drug-likeness (QED) is 0.215. The van der Waals surface area contributed by atoms with Crippen molar-refractivity contribution in [2.24, 2.45) is 28.6 Å². The van der Waals surface area contributed by atoms with E-state index >= 15 is 0 Å². The van der Waals surface area contributed by atoms with Gasteiger partial charge in [0.15, 0.2) is 11.6 Å². The Hall–Kier alpha value is -3.12. The van der Waals surface area contributed by atoms with Gasteiger partial charge in [0.2, 0.25) is 0 Å². The Kier molecular flexibility index (Phi) is 9.73. The smallest absolute Gasteiger partial charge is 0.261 e. The summed E-state index contributed by atoms with van der Waals surface area (Å²) in [5.74, 6) is 1.66. The number of rotatable bonds is 10. The number of fused-ring (bicyclic) bond motifs is 5. The van der Waals surface area contributed by atoms with Gasteiger partial charge in [0.25, 0.3) is 8.32 Å². The van der Waals surface area contributed by atoms with E-state index in [4.69, 9.17) is 4.43 Å². The second-order valence-corrected chi connectivity index (χ2v) is 22.0. The molecule has 0 bridgehead atoms. The average molecular weight is 703 g/mol. The monoisotopic (exact) mass is 702 g/mol. The number of aliphatic hydroxyl groups is 1. The molecule has 6 atom stereocenters. The fourth-order valence-electron chi connectivity index (χ4n) is 11.8. The molecule has 5 heteroatoms. The van der Waals surface area contributed by atoms with Crippen molar-refractivity contribution in [3.05, 3.63) is 108 Å². The van der Waals surface area contributed by atoms with Crippen LogP contribution in [0.1, 0.15) is 110 Å². The van der Waals surface area contributed by atoms with Gasteiger partial charge >= 0.3 is 0 Å². The van der Waals surface area contributed by atoms with Crippen molar-refractivity contribution >= 4 is 30.3 Å². The second kappa shape index (κ2) is 13.7. The van der Waals surface area contributed by atoms with Crippen LogP contribution in [0.2, 0.25) is 5.04 Å². The molecule has 1 N–H and O–H groups in total. The SMILES string of the molecule is CC(=O)[C@@]1(O)CC[C@H]2[C@@H]3CCC4=CC(=O)CC[C@@]4(C)[C@@H]3CC[C@@]21CCCc1ccc(CO[Si](c2ccccc2)(c2ccccc2)C(C)(C)C)cc1. The summed E-state index contributed by atoms with van der Waals surface area (Å²) < 4.78 is 7.19. The van der Waals surface area contributed by atoms with Crippen molar-refractivity contribution in [2.45, 2.75) is 122 Å². The number of carbonyl (C=O) groups excluding carboxylic acids is 2. The molecule has 4 nitrogen and oxygen atoms in total. The maximum absolute atomic E-state index is 13.3. The Morgan fingerprint density at radius 3 is 2.04 bits per heavy atom. The second-order valence-electron chi connectivity index (χ2n) is 17.7. The third-order valence-corrected chi connectivity index (χ3v) is 19.4. The van der Waals surface area contributed by atoms with Crippen LogP contribution in [0.25, 0.3) is 0 Å². The van der Waals surface area contributed by atoms with E-state index in [1.807, 2.05) is 6.08 Å². The number of hydrogen-bond acceptors (Lipinski definition) is 4. The van der Waals surface area contributed by atoms with Crippen LogP contribution in [0, 0.1) is 28.6 Å². The molecule has 0 amide bonds. The molecule has 0 spiro atoms. The van der Waals surface area contributed by atoms with Crippen molar-refractivity contribution in [1.29, 1.82) is 0 Å². The molecule has 0 radical (unpaired) electrons. The van der Waals surface area contributed by atoms with Gasteiger partial charge in [-0.3, -0.25) is 9.59 Å². The Morgan fingerprint density at radius 2 is 1.43 bits per heavy atom. The molecule has 3 aromatic rings. The summed E-state index contributed by atoms with van der Waals surface area (Å²) in [5, 5.41) is 14.7. The molecule has 0 aromatic heterocycles. The predicted octanol–water partition coefficient (Wildman–Crippen LogP) is 8.92. The molecule has 51 heavy (non-hydrogen) atoms. The van der Waals surface area contributed by atoms with Gasteiger partial charge in [0, 0.05) is 11.8 Å². The van der Waals surface area contributed by atoms with Gasteiger partial charge in [-0.1, -0.05) is 118 Å². The highest BCUT2D eigenvalue weighted by molar-refractivity contribution is 6.99. The molecule has 270 valence electrons. The summed E-state index contributed by atoms with van der Waals surface area (Å²) in [6.45, 7) is 11.5. The van der Waals surface area contributed by atoms with Gasteiger partial charge in [-0.25, -0.2) is 0 Å². The van der Waals surface area contributed by atoms with Crippen LogP contribution in [0.15, 0.2) is 96.6 Å². The lowest BCUT2D eigenvalue weighted by atomic mass is 9.45. The van der Waals surface area contributed by atoms with E-state index in [1.54, 1.807) is 6.92 Å². The number of hydrogen-bond donors (Lipinski definition) is 1. The van der Waals surface area contributed by atoms with E-state index in [2.05, 4.69) is 113 Å². The first-order valence-electron chi connectivity index (χ1n) is 19.6. The molecule has 3 aromatic carbocycles. The Bertz CT molecular complexity index is 1720. The zero-order chi connectivity index (χ0) is 36.1. The zero-order valence-electron chi connectivity index (χ0n) is 31.5. The number of ketones is 2. The number of carbonyl (C=O) groups is 2. The third-order valence-electron chi connectivity index (χ3n) is 14.4. The molecular formula is C46H58O4Si. The molecule has 3 saturated carbocycles. The van der Waals surface area contributed by atoms with E-state index in [-0.39, 0.29) is 27.4 Å². The maximum atomic E-state index is 13.3. The molecule has 0 unspecified atom stereocenters. The van der Waals surface area contributed by atoms with E-state index in [1.165, 1.54) is 27.1 Å². The maximum Gasteiger partial charge on any atom is 0.261 e. The van der Waals surface area contributed by atoms with Crippen LogP contribution in [0.5, 0.6) is 0 Å². The third kappa shape index (κ3) is 6.05. The molecule has 0 aliphatic heterocycles. The van der Waals surface area contributed by atoms with E-state index in [0.717, 1.165) is 57.8 Å². The van der Waals surface area contributed by atoms with Gasteiger partial charge < -0.3 is 9.53 Å². The van der Waals surface area contributed by atoms with E-state index < -0.39 is 13.9 Å². The van der Waals surface area contributed by atoms with Crippen molar-refractivity contribution in [2.75, 3.05) is 0 Å². The summed E-state index contributed by atoms with van der Waals surface area (Å²) in [6.07, 6.45) is 11.9. The van der Waals surface area contributed by atoms with Gasteiger partial charge in [-0.15, -0.1) is 0 Å². The highest BCUT2D eigenvalue weighted by atomic mass is 28.4. The number of allylic oxidation sites excluding steroid dienone is 1. The largest absolute Gasteiger partial charge is 0.403 e. The summed E-state index contributed by atoms with van der Waals surface area (Å²) in [6, 6.07) is 30.6. The highest BCUT2D eigenvalue weighted by Crippen LogP contribution is 2.69. The Balaban J connectivity index is 1.06. The normalized spacial score (nSPS) is 30.6. The Labute approximate surface area is 307 Å². The predicted molar refractivity (Wildman–Crippen MR) is 208 cm³/mol. The van der Waals surface area contributed by atoms with Crippen molar-refractivity contribution in [1.82, 2.24) is 0 Å². The molecule has 7 rings (SSSR count). The molecule has 4 aliphatic rings. The minimum absolute atomic E-state index is 0.0421. The first-order chi connectivity index (χ1) is 24.3. The van der Waals surface area contributed by atoms with Gasteiger partial charge in [-0.05, 0) is 127 Å². The van der Waals surface area contributed by atoms with Crippen LogP contribution in [-0.2, 0) is 27.0 Å². The molecule has 4 aliphatic carbocycles. The van der Waals surface area contributed by atoms with Crippen LogP contribution < -0.4 is 10.4 Å². The van der Waals surface area contributed by atoms with Crippen molar-refractivity contribution in [3.63, 3.8) is 0 Å². The lowest BCUT2D eigenvalue weighted by Crippen LogP contribution is -2.66. The molecule has 0 heterocycles. The highest BCUT2D eigenvalue weighted by Gasteiger charge is 2.67. The molecule has 0 saturated heterocycles. The molecule has 3 fully saturated rings. The lowest BCUT2D eigenvalue weighted by molar-refractivity contribution is -0.166. The topological polar surface area (TPSA) is 63.6 Å². The first-order valence-corrected chi connectivity index (χ1v) is 21.6. The van der Waals surface area contributed by atoms with Crippen LogP contribution in [-0.4, -0.2) is 30.6 Å². The van der Waals surface area contributed by atoms with E-state index in [9.17, 15) is 14.7 Å². The van der Waals surface area contributed by atoms with Gasteiger partial charge in [0.05, 0.1) is 6.61 Å². The summed E-state index contributed by atoms with van der Waals surface area (Å²) in [4.78, 5) is 25.6. The summed E-state index contributed by atoms with van der Waals surface area (Å²) in [7, 11) is -2.62. The van der Waals surface area contributed by atoms with E-state index in [0.29, 0.717) is 37.2 Å². The van der Waals surface area contributed by atoms with Gasteiger partial charge in [-0.2, -0.15) is 0 Å². The van der Waals surface area contributed by atoms with Crippen LogP contribution >= 0.6 is 0 Å². The summed E-state index contributed by atoms with van der Waals surface area (Å²) in [5.41, 5.74) is 2.34. The zero-order valence-corrected chi connectivity index (χ0v) is 32.5. The Morgan fingerprint density at radius 1 is 0.824 bits per heavy atom. The average Bonchev–Trinajstić information content (AvgIpc) is 3.43. The first kappa shape index (κ1) is 36.2. The number of aryl methyl sites for hydroxylation is 1. The minimum Gasteiger partial charge on any atom is -0.403 e. The fraction of sp³-hybridized carbons (Fsp3) is 0.522. The summed E-state index contributed by atoms with van der Waals surface area (Å²) >= 11 is 0. The number of benzene rings is 3. The number of Topliss-reactive ketones (excluding diaryl/α,β-unsaturated/α-hetero) is 1.